The largest absolute Gasteiger partial charge is 0.486 e. The van der Waals surface area contributed by atoms with Crippen LogP contribution in [0.1, 0.15) is 5.56 Å². The highest BCUT2D eigenvalue weighted by atomic mass is 35.5. The maximum Gasteiger partial charge on any atom is 0.238 e. The highest BCUT2D eigenvalue weighted by Gasteiger charge is 2.21. The first-order valence-electron chi connectivity index (χ1n) is 9.65. The van der Waals surface area contributed by atoms with Gasteiger partial charge < -0.3 is 14.8 Å². The summed E-state index contributed by atoms with van der Waals surface area (Å²) in [6, 6.07) is 9.70. The SMILES string of the molecule is O=C(CN1CCN(Cc2cc(Cl)c3c(c2)OCCO3)CC1)Nc1ccc(F)cc1. The third kappa shape index (κ3) is 5.18. The Bertz CT molecular complexity index is 870. The number of hydrogen-bond donors (Lipinski definition) is 1. The molecule has 0 bridgehead atoms. The molecule has 2 aromatic carbocycles. The van der Waals surface area contributed by atoms with Crippen LogP contribution in [0.2, 0.25) is 5.02 Å². The van der Waals surface area contributed by atoms with Gasteiger partial charge in [0.05, 0.1) is 11.6 Å². The molecule has 1 saturated heterocycles. The van der Waals surface area contributed by atoms with E-state index in [0.29, 0.717) is 42.0 Å². The molecular weight excluding hydrogens is 397 g/mol. The summed E-state index contributed by atoms with van der Waals surface area (Å²) in [5.74, 6) is 0.913. The molecule has 154 valence electrons. The predicted octanol–water partition coefficient (Wildman–Crippen LogP) is 3.01. The molecule has 29 heavy (non-hydrogen) atoms. The van der Waals surface area contributed by atoms with Crippen LogP contribution in [0.4, 0.5) is 10.1 Å². The molecule has 2 aromatic rings. The van der Waals surface area contributed by atoms with Crippen molar-refractivity contribution in [2.45, 2.75) is 6.54 Å². The first-order chi connectivity index (χ1) is 14.1. The first kappa shape index (κ1) is 19.9. The fourth-order valence-corrected chi connectivity index (χ4v) is 3.84. The van der Waals surface area contributed by atoms with Crippen LogP contribution in [0.5, 0.6) is 11.5 Å². The molecule has 1 N–H and O–H groups in total. The smallest absolute Gasteiger partial charge is 0.238 e. The van der Waals surface area contributed by atoms with E-state index in [9.17, 15) is 9.18 Å². The van der Waals surface area contributed by atoms with Crippen molar-refractivity contribution >= 4 is 23.2 Å². The van der Waals surface area contributed by atoms with E-state index in [2.05, 4.69) is 15.1 Å². The van der Waals surface area contributed by atoms with Crippen molar-refractivity contribution in [3.8, 4) is 11.5 Å². The second kappa shape index (κ2) is 8.98. The number of nitrogens with zero attached hydrogens (tertiary/aromatic N) is 2. The summed E-state index contributed by atoms with van der Waals surface area (Å²) < 4.78 is 24.2. The molecule has 2 heterocycles. The Morgan fingerprint density at radius 2 is 1.72 bits per heavy atom. The second-order valence-corrected chi connectivity index (χ2v) is 7.62. The summed E-state index contributed by atoms with van der Waals surface area (Å²) in [5, 5.41) is 3.38. The third-order valence-electron chi connectivity index (χ3n) is 5.02. The van der Waals surface area contributed by atoms with Gasteiger partial charge in [0.2, 0.25) is 5.91 Å². The van der Waals surface area contributed by atoms with Crippen molar-refractivity contribution in [3.63, 3.8) is 0 Å². The Balaban J connectivity index is 1.26. The summed E-state index contributed by atoms with van der Waals surface area (Å²) in [5.41, 5.74) is 1.69. The van der Waals surface area contributed by atoms with Gasteiger partial charge in [0.25, 0.3) is 0 Å². The molecule has 0 spiro atoms. The molecule has 4 rings (SSSR count). The minimum absolute atomic E-state index is 0.0938. The van der Waals surface area contributed by atoms with Crippen molar-refractivity contribution in [3.05, 3.63) is 52.8 Å². The van der Waals surface area contributed by atoms with Crippen LogP contribution in [0.3, 0.4) is 0 Å². The van der Waals surface area contributed by atoms with E-state index in [1.807, 2.05) is 12.1 Å². The lowest BCUT2D eigenvalue weighted by Gasteiger charge is -2.34. The molecule has 0 atom stereocenters. The van der Waals surface area contributed by atoms with Gasteiger partial charge in [0.1, 0.15) is 19.0 Å². The van der Waals surface area contributed by atoms with Crippen LogP contribution in [-0.2, 0) is 11.3 Å². The summed E-state index contributed by atoms with van der Waals surface area (Å²) in [4.78, 5) is 16.7. The molecule has 0 radical (unpaired) electrons. The van der Waals surface area contributed by atoms with Gasteiger partial charge in [-0.2, -0.15) is 0 Å². The van der Waals surface area contributed by atoms with Crippen molar-refractivity contribution in [2.24, 2.45) is 0 Å². The molecule has 0 aliphatic carbocycles. The third-order valence-corrected chi connectivity index (χ3v) is 5.30. The predicted molar refractivity (Wildman–Crippen MR) is 109 cm³/mol. The zero-order valence-corrected chi connectivity index (χ0v) is 16.8. The van der Waals surface area contributed by atoms with Crippen LogP contribution in [-0.4, -0.2) is 61.6 Å². The van der Waals surface area contributed by atoms with Crippen molar-refractivity contribution in [1.82, 2.24) is 9.80 Å². The topological polar surface area (TPSA) is 54.0 Å². The van der Waals surface area contributed by atoms with Gasteiger partial charge in [-0.1, -0.05) is 11.6 Å². The zero-order valence-electron chi connectivity index (χ0n) is 16.0. The summed E-state index contributed by atoms with van der Waals surface area (Å²) >= 11 is 6.32. The lowest BCUT2D eigenvalue weighted by molar-refractivity contribution is -0.117. The first-order valence-corrected chi connectivity index (χ1v) is 10.0. The monoisotopic (exact) mass is 419 g/mol. The van der Waals surface area contributed by atoms with Gasteiger partial charge in [0, 0.05) is 38.4 Å². The van der Waals surface area contributed by atoms with E-state index < -0.39 is 0 Å². The van der Waals surface area contributed by atoms with Crippen molar-refractivity contribution in [2.75, 3.05) is 51.3 Å². The lowest BCUT2D eigenvalue weighted by Crippen LogP contribution is -2.48. The number of rotatable bonds is 5. The second-order valence-electron chi connectivity index (χ2n) is 7.21. The van der Waals surface area contributed by atoms with Crippen LogP contribution < -0.4 is 14.8 Å². The van der Waals surface area contributed by atoms with Crippen LogP contribution >= 0.6 is 11.6 Å². The highest BCUT2D eigenvalue weighted by molar-refractivity contribution is 6.32. The van der Waals surface area contributed by atoms with Crippen molar-refractivity contribution in [1.29, 1.82) is 0 Å². The number of ether oxygens (including phenoxy) is 2. The number of fused-ring (bicyclic) bond motifs is 1. The standard InChI is InChI=1S/C21H23ClFN3O3/c22-18-11-15(12-19-21(18)29-10-9-28-19)13-25-5-7-26(8-6-25)14-20(27)24-17-3-1-16(23)2-4-17/h1-4,11-12H,5-10,13-14H2,(H,24,27). The number of carbonyl (C=O) groups excluding carboxylic acids is 1. The number of piperazine rings is 1. The number of anilines is 1. The zero-order chi connectivity index (χ0) is 20.2. The van der Waals surface area contributed by atoms with E-state index in [1.54, 1.807) is 12.1 Å². The Kier molecular flexibility index (Phi) is 6.18. The number of halogens is 2. The molecule has 0 unspecified atom stereocenters. The summed E-state index contributed by atoms with van der Waals surface area (Å²) in [6.07, 6.45) is 0. The summed E-state index contributed by atoms with van der Waals surface area (Å²) in [6.45, 7) is 5.46. The Morgan fingerprint density at radius 3 is 2.48 bits per heavy atom. The average molecular weight is 420 g/mol. The molecule has 1 fully saturated rings. The van der Waals surface area contributed by atoms with Crippen LogP contribution in [0.15, 0.2) is 36.4 Å². The molecule has 0 aromatic heterocycles. The number of benzene rings is 2. The lowest BCUT2D eigenvalue weighted by atomic mass is 10.1. The molecule has 1 amide bonds. The number of amides is 1. The minimum Gasteiger partial charge on any atom is -0.486 e. The van der Waals surface area contributed by atoms with E-state index >= 15 is 0 Å². The number of hydrogen-bond acceptors (Lipinski definition) is 5. The maximum absolute atomic E-state index is 12.9. The number of carbonyl (C=O) groups is 1. The molecule has 2 aliphatic heterocycles. The average Bonchev–Trinajstić information content (AvgIpc) is 2.71. The fraction of sp³-hybridized carbons (Fsp3) is 0.381. The highest BCUT2D eigenvalue weighted by Crippen LogP contribution is 2.38. The normalized spacial score (nSPS) is 17.2. The van der Waals surface area contributed by atoms with Gasteiger partial charge in [-0.25, -0.2) is 4.39 Å². The van der Waals surface area contributed by atoms with Crippen LogP contribution in [0, 0.1) is 5.82 Å². The van der Waals surface area contributed by atoms with E-state index in [1.165, 1.54) is 12.1 Å². The van der Waals surface area contributed by atoms with Gasteiger partial charge in [-0.3, -0.25) is 14.6 Å². The molecule has 0 saturated carbocycles. The Labute approximate surface area is 174 Å². The van der Waals surface area contributed by atoms with Crippen LogP contribution in [0.25, 0.3) is 0 Å². The molecule has 2 aliphatic rings. The van der Waals surface area contributed by atoms with E-state index in [4.69, 9.17) is 21.1 Å². The van der Waals surface area contributed by atoms with Gasteiger partial charge >= 0.3 is 0 Å². The van der Waals surface area contributed by atoms with Gasteiger partial charge in [-0.05, 0) is 42.0 Å². The summed E-state index contributed by atoms with van der Waals surface area (Å²) in [7, 11) is 0. The molecule has 8 heteroatoms. The molecule has 6 nitrogen and oxygen atoms in total. The van der Waals surface area contributed by atoms with Gasteiger partial charge in [-0.15, -0.1) is 0 Å². The maximum atomic E-state index is 12.9. The fourth-order valence-electron chi connectivity index (χ4n) is 3.56. The number of nitrogens with one attached hydrogen (secondary N) is 1. The molecular formula is C21H23ClFN3O3. The minimum atomic E-state index is -0.321. The van der Waals surface area contributed by atoms with E-state index in [0.717, 1.165) is 38.3 Å². The van der Waals surface area contributed by atoms with Crippen molar-refractivity contribution < 1.29 is 18.7 Å². The van der Waals surface area contributed by atoms with E-state index in [-0.39, 0.29) is 11.7 Å². The Hall–Kier alpha value is -2.35. The Morgan fingerprint density at radius 1 is 1.03 bits per heavy atom. The quantitative estimate of drug-likeness (QED) is 0.807. The van der Waals surface area contributed by atoms with Gasteiger partial charge in [0.15, 0.2) is 11.5 Å².